The van der Waals surface area contributed by atoms with Crippen LogP contribution in [0.1, 0.15) is 42.5 Å². The van der Waals surface area contributed by atoms with Crippen LogP contribution < -0.4 is 0 Å². The van der Waals surface area contributed by atoms with Gasteiger partial charge in [0.2, 0.25) is 0 Å². The van der Waals surface area contributed by atoms with Crippen LogP contribution in [0.3, 0.4) is 0 Å². The van der Waals surface area contributed by atoms with E-state index in [1.807, 2.05) is 13.8 Å². The van der Waals surface area contributed by atoms with Gasteiger partial charge in [0.25, 0.3) is 0 Å². The maximum absolute atomic E-state index is 8.40. The van der Waals surface area contributed by atoms with Crippen LogP contribution in [0.2, 0.25) is 0 Å². The van der Waals surface area contributed by atoms with E-state index in [0.29, 0.717) is 6.54 Å². The quantitative estimate of drug-likeness (QED) is 0.333. The Hall–Kier alpha value is -2.85. The van der Waals surface area contributed by atoms with Crippen LogP contribution in [0.15, 0.2) is 35.4 Å². The van der Waals surface area contributed by atoms with Crippen LogP contribution in [-0.2, 0) is 12.8 Å². The molecule has 0 bridgehead atoms. The molecule has 1 aromatic carbocycles. The average molecular weight is 348 g/mol. The standard InChI is InChI=1S/C20H24N6/c1-4-5-6-19-24-20-15(3)23-14(2)13-18(20)26(19)17-9-7-16(8-10-17)11-12-22-25-21/h7-10,13H,4-6,11-12H2,1-3H3. The zero-order valence-corrected chi connectivity index (χ0v) is 15.6. The molecule has 2 aromatic heterocycles. The number of fused-ring (bicyclic) bond motifs is 1. The van der Waals surface area contributed by atoms with Crippen molar-refractivity contribution in [3.05, 3.63) is 63.6 Å². The molecule has 0 spiro atoms. The van der Waals surface area contributed by atoms with Crippen molar-refractivity contribution in [2.75, 3.05) is 6.54 Å². The van der Waals surface area contributed by atoms with Gasteiger partial charge >= 0.3 is 0 Å². The summed E-state index contributed by atoms with van der Waals surface area (Å²) in [7, 11) is 0. The summed E-state index contributed by atoms with van der Waals surface area (Å²) in [6, 6.07) is 10.5. The molecule has 3 rings (SSSR count). The van der Waals surface area contributed by atoms with Crippen molar-refractivity contribution < 1.29 is 0 Å². The molecule has 0 unspecified atom stereocenters. The number of imidazole rings is 1. The lowest BCUT2D eigenvalue weighted by Gasteiger charge is -2.10. The lowest BCUT2D eigenvalue weighted by molar-refractivity contribution is 0.744. The summed E-state index contributed by atoms with van der Waals surface area (Å²) in [4.78, 5) is 12.3. The van der Waals surface area contributed by atoms with Gasteiger partial charge in [-0.1, -0.05) is 30.6 Å². The van der Waals surface area contributed by atoms with Crippen molar-refractivity contribution in [1.29, 1.82) is 0 Å². The summed E-state index contributed by atoms with van der Waals surface area (Å²) in [5.41, 5.74) is 14.7. The highest BCUT2D eigenvalue weighted by Gasteiger charge is 2.15. The number of hydrogen-bond acceptors (Lipinski definition) is 3. The number of pyridine rings is 1. The van der Waals surface area contributed by atoms with Crippen LogP contribution >= 0.6 is 0 Å². The smallest absolute Gasteiger partial charge is 0.114 e. The molecule has 0 aliphatic carbocycles. The molecule has 0 aliphatic rings. The summed E-state index contributed by atoms with van der Waals surface area (Å²) < 4.78 is 2.25. The Labute approximate surface area is 153 Å². The normalized spacial score (nSPS) is 10.9. The van der Waals surface area contributed by atoms with Crippen LogP contribution in [0, 0.1) is 13.8 Å². The van der Waals surface area contributed by atoms with Gasteiger partial charge in [-0.3, -0.25) is 9.55 Å². The predicted octanol–water partition coefficient (Wildman–Crippen LogP) is 5.23. The van der Waals surface area contributed by atoms with Gasteiger partial charge in [-0.25, -0.2) is 4.98 Å². The van der Waals surface area contributed by atoms with Gasteiger partial charge in [-0.2, -0.15) is 0 Å². The molecule has 26 heavy (non-hydrogen) atoms. The molecule has 0 saturated carbocycles. The summed E-state index contributed by atoms with van der Waals surface area (Å²) in [5, 5.41) is 3.61. The fourth-order valence-corrected chi connectivity index (χ4v) is 3.25. The van der Waals surface area contributed by atoms with E-state index in [0.717, 1.165) is 65.2 Å². The molecule has 0 aliphatic heterocycles. The zero-order chi connectivity index (χ0) is 18.5. The summed E-state index contributed by atoms with van der Waals surface area (Å²) in [6.07, 6.45) is 3.94. The van der Waals surface area contributed by atoms with Gasteiger partial charge in [-0.05, 0) is 56.0 Å². The molecule has 0 fully saturated rings. The van der Waals surface area contributed by atoms with Crippen molar-refractivity contribution in [3.63, 3.8) is 0 Å². The summed E-state index contributed by atoms with van der Waals surface area (Å²) in [5.74, 6) is 1.08. The largest absolute Gasteiger partial charge is 0.296 e. The molecule has 6 nitrogen and oxygen atoms in total. The molecule has 0 N–H and O–H groups in total. The maximum atomic E-state index is 8.40. The first kappa shape index (κ1) is 18.0. The van der Waals surface area contributed by atoms with Crippen molar-refractivity contribution in [2.45, 2.75) is 46.5 Å². The maximum Gasteiger partial charge on any atom is 0.114 e. The van der Waals surface area contributed by atoms with Crippen LogP contribution in [0.5, 0.6) is 0 Å². The lowest BCUT2D eigenvalue weighted by atomic mass is 10.1. The Morgan fingerprint density at radius 1 is 1.12 bits per heavy atom. The van der Waals surface area contributed by atoms with Crippen molar-refractivity contribution in [1.82, 2.24) is 14.5 Å². The Kier molecular flexibility index (Phi) is 5.54. The third kappa shape index (κ3) is 3.70. The number of aryl methyl sites for hydroxylation is 3. The van der Waals surface area contributed by atoms with Gasteiger partial charge in [0.05, 0.1) is 11.2 Å². The highest BCUT2D eigenvalue weighted by Crippen LogP contribution is 2.25. The molecule has 2 heterocycles. The average Bonchev–Trinajstić information content (AvgIpc) is 2.99. The van der Waals surface area contributed by atoms with Gasteiger partial charge in [-0.15, -0.1) is 0 Å². The summed E-state index contributed by atoms with van der Waals surface area (Å²) >= 11 is 0. The van der Waals surface area contributed by atoms with Gasteiger partial charge in [0.1, 0.15) is 11.3 Å². The van der Waals surface area contributed by atoms with E-state index in [4.69, 9.17) is 10.5 Å². The number of rotatable bonds is 7. The molecule has 134 valence electrons. The Bertz CT molecular complexity index is 949. The number of benzene rings is 1. The van der Waals surface area contributed by atoms with E-state index in [-0.39, 0.29) is 0 Å². The monoisotopic (exact) mass is 348 g/mol. The number of aromatic nitrogens is 3. The fourth-order valence-electron chi connectivity index (χ4n) is 3.25. The second-order valence-electron chi connectivity index (χ2n) is 6.55. The third-order valence-corrected chi connectivity index (χ3v) is 4.53. The Morgan fingerprint density at radius 2 is 1.88 bits per heavy atom. The molecule has 0 radical (unpaired) electrons. The molecule has 0 atom stereocenters. The fraction of sp³-hybridized carbons (Fsp3) is 0.400. The number of unbranched alkanes of at least 4 members (excludes halogenated alkanes) is 1. The minimum Gasteiger partial charge on any atom is -0.296 e. The molecular weight excluding hydrogens is 324 g/mol. The number of hydrogen-bond donors (Lipinski definition) is 0. The predicted molar refractivity (Wildman–Crippen MR) is 105 cm³/mol. The highest BCUT2D eigenvalue weighted by molar-refractivity contribution is 5.80. The third-order valence-electron chi connectivity index (χ3n) is 4.53. The van der Waals surface area contributed by atoms with Crippen LogP contribution in [0.4, 0.5) is 0 Å². The van der Waals surface area contributed by atoms with Gasteiger partial charge < -0.3 is 0 Å². The molecule has 3 aromatic rings. The lowest BCUT2D eigenvalue weighted by Crippen LogP contribution is -2.02. The highest BCUT2D eigenvalue weighted by atomic mass is 15.1. The Balaban J connectivity index is 2.05. The molecule has 6 heteroatoms. The number of azide groups is 1. The topological polar surface area (TPSA) is 79.5 Å². The first-order valence-corrected chi connectivity index (χ1v) is 9.09. The molecule has 0 saturated heterocycles. The van der Waals surface area contributed by atoms with Gasteiger partial charge in [0.15, 0.2) is 0 Å². The van der Waals surface area contributed by atoms with Crippen molar-refractivity contribution in [2.24, 2.45) is 5.11 Å². The van der Waals surface area contributed by atoms with Gasteiger partial charge in [0, 0.05) is 29.3 Å². The van der Waals surface area contributed by atoms with E-state index in [9.17, 15) is 0 Å². The zero-order valence-electron chi connectivity index (χ0n) is 15.6. The van der Waals surface area contributed by atoms with E-state index in [2.05, 4.69) is 56.8 Å². The Morgan fingerprint density at radius 3 is 2.58 bits per heavy atom. The van der Waals surface area contributed by atoms with E-state index in [1.165, 1.54) is 0 Å². The second-order valence-corrected chi connectivity index (χ2v) is 6.55. The summed E-state index contributed by atoms with van der Waals surface area (Å²) in [6.45, 7) is 6.72. The van der Waals surface area contributed by atoms with E-state index >= 15 is 0 Å². The first-order valence-electron chi connectivity index (χ1n) is 9.09. The van der Waals surface area contributed by atoms with E-state index in [1.54, 1.807) is 0 Å². The van der Waals surface area contributed by atoms with Crippen LogP contribution in [-0.4, -0.2) is 21.1 Å². The molecular formula is C20H24N6. The number of nitrogens with zero attached hydrogens (tertiary/aromatic N) is 6. The minimum atomic E-state index is 0.482. The van der Waals surface area contributed by atoms with Crippen molar-refractivity contribution >= 4 is 11.0 Å². The molecule has 0 amide bonds. The second kappa shape index (κ2) is 8.02. The first-order chi connectivity index (χ1) is 12.6. The van der Waals surface area contributed by atoms with Crippen molar-refractivity contribution in [3.8, 4) is 5.69 Å². The SMILES string of the molecule is CCCCc1nc2c(C)nc(C)cc2n1-c1ccc(CCN=[N+]=[N-])cc1. The minimum absolute atomic E-state index is 0.482. The van der Waals surface area contributed by atoms with E-state index < -0.39 is 0 Å². The van der Waals surface area contributed by atoms with Crippen LogP contribution in [0.25, 0.3) is 27.2 Å².